The molecule has 0 N–H and O–H groups in total. The van der Waals surface area contributed by atoms with Gasteiger partial charge in [0.15, 0.2) is 0 Å². The van der Waals surface area contributed by atoms with Gasteiger partial charge in [-0.05, 0) is 57.4 Å². The van der Waals surface area contributed by atoms with Crippen molar-refractivity contribution in [2.75, 3.05) is 20.3 Å². The van der Waals surface area contributed by atoms with Gasteiger partial charge in [0.05, 0.1) is 17.7 Å². The molecule has 3 fully saturated rings. The van der Waals surface area contributed by atoms with Gasteiger partial charge < -0.3 is 14.4 Å². The molecule has 4 rings (SSSR count). The van der Waals surface area contributed by atoms with Gasteiger partial charge >= 0.3 is 0 Å². The molecule has 0 unspecified atom stereocenters. The SMILES string of the molecule is CCn1nccc1C(=O)N1CC[C@]2(OC)CC[C@H](OCC3CC3)C[C@H]12. The second-order valence-electron chi connectivity index (χ2n) is 7.74. The van der Waals surface area contributed by atoms with E-state index in [2.05, 4.69) is 5.10 Å². The van der Waals surface area contributed by atoms with Crippen LogP contribution in [0.25, 0.3) is 0 Å². The van der Waals surface area contributed by atoms with Crippen molar-refractivity contribution in [3.63, 3.8) is 0 Å². The summed E-state index contributed by atoms with van der Waals surface area (Å²) in [6, 6.07) is 1.92. The average Bonchev–Trinajstić information content (AvgIpc) is 3.21. The van der Waals surface area contributed by atoms with Gasteiger partial charge in [-0.2, -0.15) is 5.10 Å². The fourth-order valence-electron chi connectivity index (χ4n) is 4.53. The molecule has 1 aliphatic heterocycles. The minimum atomic E-state index is -0.202. The van der Waals surface area contributed by atoms with Crippen LogP contribution in [0.3, 0.4) is 0 Å². The van der Waals surface area contributed by atoms with Gasteiger partial charge in [-0.3, -0.25) is 9.48 Å². The summed E-state index contributed by atoms with van der Waals surface area (Å²) in [5.74, 6) is 0.848. The van der Waals surface area contributed by atoms with Crippen molar-refractivity contribution in [3.05, 3.63) is 18.0 Å². The number of rotatable bonds is 6. The van der Waals surface area contributed by atoms with Crippen molar-refractivity contribution in [1.82, 2.24) is 14.7 Å². The molecule has 1 saturated heterocycles. The van der Waals surface area contributed by atoms with E-state index >= 15 is 0 Å². The molecule has 1 amide bonds. The fraction of sp³-hybridized carbons (Fsp3) is 0.789. The summed E-state index contributed by atoms with van der Waals surface area (Å²) >= 11 is 0. The van der Waals surface area contributed by atoms with Gasteiger partial charge in [-0.25, -0.2) is 0 Å². The molecule has 0 aromatic carbocycles. The molecule has 6 nitrogen and oxygen atoms in total. The Morgan fingerprint density at radius 1 is 1.36 bits per heavy atom. The summed E-state index contributed by atoms with van der Waals surface area (Å²) in [6.45, 7) is 4.35. The van der Waals surface area contributed by atoms with Gasteiger partial charge in [0, 0.05) is 33.0 Å². The van der Waals surface area contributed by atoms with Crippen LogP contribution in [0, 0.1) is 5.92 Å². The van der Waals surface area contributed by atoms with E-state index in [9.17, 15) is 4.79 Å². The number of carbonyl (C=O) groups is 1. The molecule has 3 aliphatic rings. The predicted molar refractivity (Wildman–Crippen MR) is 93.4 cm³/mol. The van der Waals surface area contributed by atoms with Crippen molar-refractivity contribution in [2.24, 2.45) is 5.92 Å². The minimum absolute atomic E-state index is 0.0751. The topological polar surface area (TPSA) is 56.6 Å². The second kappa shape index (κ2) is 6.72. The molecule has 6 heteroatoms. The zero-order valence-corrected chi connectivity index (χ0v) is 15.3. The van der Waals surface area contributed by atoms with Crippen molar-refractivity contribution in [3.8, 4) is 0 Å². The van der Waals surface area contributed by atoms with Crippen molar-refractivity contribution in [2.45, 2.75) is 69.7 Å². The van der Waals surface area contributed by atoms with Crippen LogP contribution in [0.4, 0.5) is 0 Å². The lowest BCUT2D eigenvalue weighted by Crippen LogP contribution is -2.53. The Balaban J connectivity index is 1.51. The van der Waals surface area contributed by atoms with E-state index in [0.29, 0.717) is 12.2 Å². The number of aromatic nitrogens is 2. The van der Waals surface area contributed by atoms with Crippen molar-refractivity contribution in [1.29, 1.82) is 0 Å². The monoisotopic (exact) mass is 347 g/mol. The Labute approximate surface area is 149 Å². The quantitative estimate of drug-likeness (QED) is 0.793. The van der Waals surface area contributed by atoms with Gasteiger partial charge in [0.1, 0.15) is 5.69 Å². The molecule has 0 radical (unpaired) electrons. The normalized spacial score (nSPS) is 32.0. The fourth-order valence-corrected chi connectivity index (χ4v) is 4.53. The maximum Gasteiger partial charge on any atom is 0.272 e. The van der Waals surface area contributed by atoms with E-state index in [0.717, 1.165) is 44.8 Å². The summed E-state index contributed by atoms with van der Waals surface area (Å²) in [4.78, 5) is 15.2. The Kier molecular flexibility index (Phi) is 4.58. The molecule has 3 atom stereocenters. The molecule has 138 valence electrons. The maximum atomic E-state index is 13.2. The average molecular weight is 347 g/mol. The number of methoxy groups -OCH3 is 1. The number of hydrogen-bond donors (Lipinski definition) is 0. The number of carbonyl (C=O) groups excluding carboxylic acids is 1. The molecule has 2 aliphatic carbocycles. The summed E-state index contributed by atoms with van der Waals surface area (Å²) < 4.78 is 13.9. The van der Waals surface area contributed by atoms with E-state index in [1.165, 1.54) is 12.8 Å². The number of aryl methyl sites for hydroxylation is 1. The van der Waals surface area contributed by atoms with Crippen molar-refractivity contribution >= 4 is 5.91 Å². The lowest BCUT2D eigenvalue weighted by atomic mass is 9.79. The van der Waals surface area contributed by atoms with Gasteiger partial charge in [0.25, 0.3) is 5.91 Å². The highest BCUT2D eigenvalue weighted by Gasteiger charge is 2.53. The third-order valence-corrected chi connectivity index (χ3v) is 6.30. The molecular weight excluding hydrogens is 318 g/mol. The maximum absolute atomic E-state index is 13.2. The van der Waals surface area contributed by atoms with Crippen LogP contribution < -0.4 is 0 Å². The van der Waals surface area contributed by atoms with E-state index in [-0.39, 0.29) is 23.7 Å². The highest BCUT2D eigenvalue weighted by molar-refractivity contribution is 5.93. The molecule has 2 saturated carbocycles. The second-order valence-corrected chi connectivity index (χ2v) is 7.74. The van der Waals surface area contributed by atoms with Gasteiger partial charge in [0.2, 0.25) is 0 Å². The largest absolute Gasteiger partial charge is 0.378 e. The van der Waals surface area contributed by atoms with Gasteiger partial charge in [-0.1, -0.05) is 0 Å². The lowest BCUT2D eigenvalue weighted by Gasteiger charge is -2.43. The van der Waals surface area contributed by atoms with Crippen LogP contribution in [0.2, 0.25) is 0 Å². The number of fused-ring (bicyclic) bond motifs is 1. The molecule has 1 aromatic heterocycles. The van der Waals surface area contributed by atoms with E-state index in [1.807, 2.05) is 17.9 Å². The summed E-state index contributed by atoms with van der Waals surface area (Å²) in [5.41, 5.74) is 0.474. The first-order valence-corrected chi connectivity index (χ1v) is 9.66. The smallest absolute Gasteiger partial charge is 0.272 e. The number of nitrogens with zero attached hydrogens (tertiary/aromatic N) is 3. The molecular formula is C19H29N3O3. The summed E-state index contributed by atoms with van der Waals surface area (Å²) in [5, 5.41) is 4.25. The Morgan fingerprint density at radius 3 is 2.92 bits per heavy atom. The molecule has 1 aromatic rings. The number of ether oxygens (including phenoxy) is 2. The first kappa shape index (κ1) is 17.0. The van der Waals surface area contributed by atoms with E-state index in [1.54, 1.807) is 18.0 Å². The zero-order chi connectivity index (χ0) is 17.4. The molecule has 25 heavy (non-hydrogen) atoms. The standard InChI is InChI=1S/C19H29N3O3/c1-3-22-16(7-10-20-22)18(23)21-11-9-19(24-2)8-6-15(12-17(19)21)25-13-14-4-5-14/h7,10,14-15,17H,3-6,8-9,11-13H2,1-2H3/t15-,17-,19+/m0/s1. The minimum Gasteiger partial charge on any atom is -0.378 e. The Bertz CT molecular complexity index is 627. The van der Waals surface area contributed by atoms with E-state index in [4.69, 9.17) is 9.47 Å². The Morgan fingerprint density at radius 2 is 2.20 bits per heavy atom. The number of hydrogen-bond acceptors (Lipinski definition) is 4. The van der Waals surface area contributed by atoms with Crippen LogP contribution in [-0.2, 0) is 16.0 Å². The lowest BCUT2D eigenvalue weighted by molar-refractivity contribution is -0.0977. The van der Waals surface area contributed by atoms with Crippen LogP contribution in [0.1, 0.15) is 55.9 Å². The predicted octanol–water partition coefficient (Wildman–Crippen LogP) is 2.48. The number of likely N-dealkylation sites (tertiary alicyclic amines) is 1. The number of amides is 1. The van der Waals surface area contributed by atoms with E-state index < -0.39 is 0 Å². The highest BCUT2D eigenvalue weighted by atomic mass is 16.5. The van der Waals surface area contributed by atoms with Gasteiger partial charge in [-0.15, -0.1) is 0 Å². The molecule has 0 bridgehead atoms. The van der Waals surface area contributed by atoms with Crippen LogP contribution >= 0.6 is 0 Å². The summed E-state index contributed by atoms with van der Waals surface area (Å²) in [6.07, 6.45) is 8.37. The third-order valence-electron chi connectivity index (χ3n) is 6.30. The van der Waals surface area contributed by atoms with Crippen LogP contribution in [-0.4, -0.2) is 58.6 Å². The molecule has 0 spiro atoms. The third kappa shape index (κ3) is 3.10. The molecule has 2 heterocycles. The Hall–Kier alpha value is -1.40. The zero-order valence-electron chi connectivity index (χ0n) is 15.3. The highest BCUT2D eigenvalue weighted by Crippen LogP contribution is 2.44. The summed E-state index contributed by atoms with van der Waals surface area (Å²) in [7, 11) is 1.79. The van der Waals surface area contributed by atoms with Crippen LogP contribution in [0.15, 0.2) is 12.3 Å². The first-order valence-electron chi connectivity index (χ1n) is 9.66. The van der Waals surface area contributed by atoms with Crippen molar-refractivity contribution < 1.29 is 14.3 Å². The van der Waals surface area contributed by atoms with Crippen LogP contribution in [0.5, 0.6) is 0 Å². The first-order chi connectivity index (χ1) is 12.2.